The highest BCUT2D eigenvalue weighted by Gasteiger charge is 2.18. The van der Waals surface area contributed by atoms with Crippen LogP contribution in [0.5, 0.6) is 0 Å². The highest BCUT2D eigenvalue weighted by atomic mass is 35.5. The van der Waals surface area contributed by atoms with E-state index in [9.17, 15) is 9.18 Å². The Balaban J connectivity index is 1.84. The Bertz CT molecular complexity index is 753. The molecule has 1 aromatic heterocycles. The largest absolute Gasteiger partial charge is 0.381 e. The lowest BCUT2D eigenvalue weighted by molar-refractivity contribution is 0.409. The van der Waals surface area contributed by atoms with Crippen molar-refractivity contribution >= 4 is 36.7 Å². The lowest BCUT2D eigenvalue weighted by atomic mass is 9.93. The quantitative estimate of drug-likeness (QED) is 0.679. The number of carbonyl (C=O) groups is 1. The van der Waals surface area contributed by atoms with Crippen LogP contribution in [-0.4, -0.2) is 49.6 Å². The molecule has 1 radical (unpaired) electrons. The average Bonchev–Trinajstić information content (AvgIpc) is 2.58. The molecule has 24 heavy (non-hydrogen) atoms. The molecule has 0 unspecified atom stereocenters. The fourth-order valence-electron chi connectivity index (χ4n) is 2.75. The summed E-state index contributed by atoms with van der Waals surface area (Å²) < 4.78 is 13.7. The van der Waals surface area contributed by atoms with Gasteiger partial charge in [-0.05, 0) is 29.8 Å². The molecular weight excluding hydrogens is 329 g/mol. The van der Waals surface area contributed by atoms with Crippen LogP contribution in [0.1, 0.15) is 0 Å². The molecule has 2 aromatic rings. The number of nitrogens with two attached hydrogens (primary N) is 1. The van der Waals surface area contributed by atoms with Gasteiger partial charge in [-0.15, -0.1) is 0 Å². The van der Waals surface area contributed by atoms with Gasteiger partial charge in [-0.2, -0.15) is 0 Å². The minimum absolute atomic E-state index is 0.122. The normalized spacial score (nSPS) is 15.3. The summed E-state index contributed by atoms with van der Waals surface area (Å²) in [4.78, 5) is 18.6. The molecule has 1 aliphatic rings. The smallest absolute Gasteiger partial charge is 0.293 e. The van der Waals surface area contributed by atoms with Gasteiger partial charge in [0.15, 0.2) is 11.6 Å². The fraction of sp³-hybridized carbons (Fsp3) is 0.250. The van der Waals surface area contributed by atoms with Crippen molar-refractivity contribution in [2.75, 3.05) is 36.8 Å². The summed E-state index contributed by atoms with van der Waals surface area (Å²) in [6.07, 6.45) is 2.33. The van der Waals surface area contributed by atoms with Crippen molar-refractivity contribution in [1.29, 1.82) is 0 Å². The number of nitrogens with zero attached hydrogens (tertiary/aromatic N) is 3. The van der Waals surface area contributed by atoms with Crippen molar-refractivity contribution in [3.63, 3.8) is 0 Å². The maximum Gasteiger partial charge on any atom is 0.293 e. The van der Waals surface area contributed by atoms with Crippen LogP contribution in [0.25, 0.3) is 11.1 Å². The number of nitrogen functional groups attached to an aromatic ring is 1. The second-order valence-corrected chi connectivity index (χ2v) is 6.03. The molecule has 0 atom stereocenters. The monoisotopic (exact) mass is 345 g/mol. The van der Waals surface area contributed by atoms with E-state index in [1.165, 1.54) is 12.3 Å². The number of rotatable bonds is 4. The van der Waals surface area contributed by atoms with E-state index in [1.807, 2.05) is 16.9 Å². The zero-order valence-corrected chi connectivity index (χ0v) is 13.7. The van der Waals surface area contributed by atoms with Gasteiger partial charge in [0.25, 0.3) is 7.41 Å². The summed E-state index contributed by atoms with van der Waals surface area (Å²) in [7, 11) is 1.56. The van der Waals surface area contributed by atoms with Gasteiger partial charge in [0.2, 0.25) is 0 Å². The van der Waals surface area contributed by atoms with Gasteiger partial charge >= 0.3 is 0 Å². The van der Waals surface area contributed by atoms with E-state index >= 15 is 0 Å². The lowest BCUT2D eigenvalue weighted by Crippen LogP contribution is -2.48. The molecule has 2 heterocycles. The summed E-state index contributed by atoms with van der Waals surface area (Å²) >= 11 is 6.24. The Morgan fingerprint density at radius 1 is 1.17 bits per heavy atom. The van der Waals surface area contributed by atoms with Gasteiger partial charge in [-0.3, -0.25) is 0 Å². The number of anilines is 2. The Morgan fingerprint density at radius 3 is 2.58 bits per heavy atom. The van der Waals surface area contributed by atoms with E-state index in [0.717, 1.165) is 43.6 Å². The number of benzene rings is 1. The number of pyridine rings is 1. The van der Waals surface area contributed by atoms with Crippen LogP contribution in [0.4, 0.5) is 15.9 Å². The first-order chi connectivity index (χ1) is 11.6. The Labute approximate surface area is 145 Å². The number of halogens is 2. The Hall–Kier alpha value is -2.12. The Kier molecular flexibility index (Phi) is 5.01. The third-order valence-electron chi connectivity index (χ3n) is 4.04. The van der Waals surface area contributed by atoms with Crippen LogP contribution >= 0.6 is 11.6 Å². The van der Waals surface area contributed by atoms with Gasteiger partial charge < -0.3 is 20.2 Å². The molecule has 3 rings (SSSR count). The molecular formula is C16H16BClFN4O. The number of carbonyl (C=O) groups excluding carboxylic acids is 1. The number of piperazine rings is 1. The van der Waals surface area contributed by atoms with E-state index < -0.39 is 5.82 Å². The SMILES string of the molecule is Nc1ncc(-c2cc(Cl)cc(N3CCN([B]C=O)CC3)c2)cc1F. The second-order valence-electron chi connectivity index (χ2n) is 5.60. The molecule has 0 saturated carbocycles. The first-order valence-corrected chi connectivity index (χ1v) is 7.94. The van der Waals surface area contributed by atoms with Gasteiger partial charge in [0.1, 0.15) is 0 Å². The molecule has 0 amide bonds. The van der Waals surface area contributed by atoms with Crippen molar-refractivity contribution in [3.05, 3.63) is 41.3 Å². The van der Waals surface area contributed by atoms with E-state index in [2.05, 4.69) is 9.88 Å². The second kappa shape index (κ2) is 7.19. The number of aromatic nitrogens is 1. The molecule has 2 N–H and O–H groups in total. The van der Waals surface area contributed by atoms with Crippen molar-refractivity contribution in [2.24, 2.45) is 0 Å². The summed E-state index contributed by atoms with van der Waals surface area (Å²) in [5, 5.41) is 0.571. The van der Waals surface area contributed by atoms with Gasteiger partial charge in [0.05, 0.1) is 6.19 Å². The molecule has 0 spiro atoms. The summed E-state index contributed by atoms with van der Waals surface area (Å²) in [6.45, 7) is 3.08. The highest BCUT2D eigenvalue weighted by Crippen LogP contribution is 2.30. The van der Waals surface area contributed by atoms with E-state index in [0.29, 0.717) is 10.6 Å². The molecule has 0 bridgehead atoms. The lowest BCUT2D eigenvalue weighted by Gasteiger charge is -2.35. The molecule has 1 aliphatic heterocycles. The molecule has 1 saturated heterocycles. The fourth-order valence-corrected chi connectivity index (χ4v) is 2.97. The third-order valence-corrected chi connectivity index (χ3v) is 4.25. The van der Waals surface area contributed by atoms with Gasteiger partial charge in [-0.25, -0.2) is 9.37 Å². The number of hydrogen-bond acceptors (Lipinski definition) is 5. The zero-order valence-electron chi connectivity index (χ0n) is 13.0. The molecule has 5 nitrogen and oxygen atoms in total. The van der Waals surface area contributed by atoms with Crippen LogP contribution in [0.15, 0.2) is 30.5 Å². The summed E-state index contributed by atoms with van der Waals surface area (Å²) in [5.74, 6) is -0.671. The van der Waals surface area contributed by atoms with Gasteiger partial charge in [0, 0.05) is 48.6 Å². The topological polar surface area (TPSA) is 62.5 Å². The van der Waals surface area contributed by atoms with E-state index in [-0.39, 0.29) is 5.82 Å². The van der Waals surface area contributed by atoms with Crippen molar-refractivity contribution in [1.82, 2.24) is 9.79 Å². The molecule has 123 valence electrons. The van der Waals surface area contributed by atoms with Crippen molar-refractivity contribution < 1.29 is 9.18 Å². The van der Waals surface area contributed by atoms with Gasteiger partial charge in [-0.1, -0.05) is 11.6 Å². The van der Waals surface area contributed by atoms with Crippen LogP contribution in [0, 0.1) is 5.82 Å². The van der Waals surface area contributed by atoms with E-state index in [1.54, 1.807) is 13.5 Å². The van der Waals surface area contributed by atoms with Crippen molar-refractivity contribution in [3.8, 4) is 11.1 Å². The predicted octanol–water partition coefficient (Wildman–Crippen LogP) is 2.05. The van der Waals surface area contributed by atoms with Crippen LogP contribution in [0.2, 0.25) is 5.02 Å². The minimum atomic E-state index is -0.549. The molecule has 1 fully saturated rings. The van der Waals surface area contributed by atoms with Crippen LogP contribution in [0.3, 0.4) is 0 Å². The van der Waals surface area contributed by atoms with E-state index in [4.69, 9.17) is 17.3 Å². The highest BCUT2D eigenvalue weighted by molar-refractivity contribution is 6.64. The maximum absolute atomic E-state index is 13.7. The first-order valence-electron chi connectivity index (χ1n) is 7.56. The maximum atomic E-state index is 13.7. The molecule has 0 aliphatic carbocycles. The third kappa shape index (κ3) is 3.68. The average molecular weight is 346 g/mol. The first kappa shape index (κ1) is 16.7. The predicted molar refractivity (Wildman–Crippen MR) is 95.3 cm³/mol. The van der Waals surface area contributed by atoms with Crippen LogP contribution < -0.4 is 10.6 Å². The minimum Gasteiger partial charge on any atom is -0.381 e. The zero-order chi connectivity index (χ0) is 17.1. The van der Waals surface area contributed by atoms with Crippen molar-refractivity contribution in [2.45, 2.75) is 0 Å². The standard InChI is InChI=1S/C16H16BClFN4O/c18-13-5-11(12-7-15(19)16(20)21-9-12)6-14(8-13)22-1-3-23(4-2-22)17-10-24/h5-10H,1-4H2,(H2,20,21). The summed E-state index contributed by atoms with van der Waals surface area (Å²) in [5.41, 5.74) is 7.79. The molecule has 1 aromatic carbocycles. The van der Waals surface area contributed by atoms with Crippen LogP contribution in [-0.2, 0) is 4.79 Å². The summed E-state index contributed by atoms with van der Waals surface area (Å²) in [6, 6.07) is 6.96. The molecule has 8 heteroatoms. The number of hydrogen-bond donors (Lipinski definition) is 1. The Morgan fingerprint density at radius 2 is 1.92 bits per heavy atom.